The van der Waals surface area contributed by atoms with Crippen LogP contribution < -0.4 is 10.6 Å². The van der Waals surface area contributed by atoms with Crippen LogP contribution in [0.1, 0.15) is 30.1 Å². The maximum atomic E-state index is 12.7. The number of anilines is 1. The molecule has 0 bridgehead atoms. The number of carbonyl (C=O) groups is 1. The van der Waals surface area contributed by atoms with Crippen LogP contribution in [0.5, 0.6) is 0 Å². The topological polar surface area (TPSA) is 49.6 Å². The van der Waals surface area contributed by atoms with Gasteiger partial charge in [-0.1, -0.05) is 13.0 Å². The second-order valence-corrected chi connectivity index (χ2v) is 5.87. The van der Waals surface area contributed by atoms with Crippen LogP contribution in [-0.2, 0) is 0 Å². The number of amides is 1. The zero-order valence-corrected chi connectivity index (χ0v) is 12.7. The molecule has 1 saturated heterocycles. The Morgan fingerprint density at radius 2 is 2.20 bits per heavy atom. The van der Waals surface area contributed by atoms with E-state index in [0.29, 0.717) is 12.5 Å². The van der Waals surface area contributed by atoms with Crippen molar-refractivity contribution in [3.63, 3.8) is 0 Å². The molecular weight excluding hydrogens is 250 g/mol. The average molecular weight is 275 g/mol. The number of hydrogen-bond donors (Lipinski definition) is 1. The number of rotatable bonds is 3. The monoisotopic (exact) mass is 275 g/mol. The molecule has 2 N–H and O–H groups in total. The van der Waals surface area contributed by atoms with E-state index in [1.165, 1.54) is 0 Å². The van der Waals surface area contributed by atoms with Gasteiger partial charge in [0.1, 0.15) is 0 Å². The lowest BCUT2D eigenvalue weighted by Gasteiger charge is -2.39. The van der Waals surface area contributed by atoms with Crippen molar-refractivity contribution in [1.82, 2.24) is 4.90 Å². The summed E-state index contributed by atoms with van der Waals surface area (Å²) in [6.07, 6.45) is 2.22. The molecule has 0 aliphatic carbocycles. The zero-order valence-electron chi connectivity index (χ0n) is 12.7. The highest BCUT2D eigenvalue weighted by molar-refractivity contribution is 5.95. The predicted molar refractivity (Wildman–Crippen MR) is 83.0 cm³/mol. The van der Waals surface area contributed by atoms with Gasteiger partial charge in [-0.05, 0) is 37.0 Å². The summed E-state index contributed by atoms with van der Waals surface area (Å²) < 4.78 is 0. The first-order chi connectivity index (χ1) is 9.54. The number of nitrogens with two attached hydrogens (primary N) is 1. The van der Waals surface area contributed by atoms with E-state index in [0.717, 1.165) is 30.6 Å². The number of hydrogen-bond acceptors (Lipinski definition) is 3. The molecule has 0 aromatic heterocycles. The third kappa shape index (κ3) is 2.96. The van der Waals surface area contributed by atoms with Crippen LogP contribution in [0.25, 0.3) is 0 Å². The molecule has 1 fully saturated rings. The molecule has 0 spiro atoms. The molecule has 1 aliphatic rings. The second-order valence-electron chi connectivity index (χ2n) is 5.87. The SMILES string of the molecule is CC1CCCN(C(=O)c2cccc(N(C)C)c2)C1CN. The highest BCUT2D eigenvalue weighted by Crippen LogP contribution is 2.25. The van der Waals surface area contributed by atoms with Gasteiger partial charge in [0.05, 0.1) is 0 Å². The van der Waals surface area contributed by atoms with Crippen molar-refractivity contribution < 1.29 is 4.79 Å². The van der Waals surface area contributed by atoms with E-state index in [-0.39, 0.29) is 11.9 Å². The number of nitrogens with zero attached hydrogens (tertiary/aromatic N) is 2. The van der Waals surface area contributed by atoms with Gasteiger partial charge in [0, 0.05) is 44.5 Å². The molecule has 2 atom stereocenters. The van der Waals surface area contributed by atoms with Gasteiger partial charge in [-0.25, -0.2) is 0 Å². The molecule has 110 valence electrons. The molecule has 0 radical (unpaired) electrons. The van der Waals surface area contributed by atoms with Crippen LogP contribution in [0.2, 0.25) is 0 Å². The van der Waals surface area contributed by atoms with E-state index in [9.17, 15) is 4.79 Å². The van der Waals surface area contributed by atoms with Gasteiger partial charge in [-0.3, -0.25) is 4.79 Å². The molecular formula is C16H25N3O. The van der Waals surface area contributed by atoms with Crippen LogP contribution in [-0.4, -0.2) is 44.0 Å². The number of likely N-dealkylation sites (tertiary alicyclic amines) is 1. The number of carbonyl (C=O) groups excluding carboxylic acids is 1. The molecule has 1 aliphatic heterocycles. The lowest BCUT2D eigenvalue weighted by atomic mass is 9.90. The minimum absolute atomic E-state index is 0.107. The average Bonchev–Trinajstić information content (AvgIpc) is 2.46. The molecule has 2 unspecified atom stereocenters. The molecule has 2 rings (SSSR count). The van der Waals surface area contributed by atoms with Crippen LogP contribution in [0, 0.1) is 5.92 Å². The fourth-order valence-corrected chi connectivity index (χ4v) is 2.94. The molecule has 0 saturated carbocycles. The maximum absolute atomic E-state index is 12.7. The van der Waals surface area contributed by atoms with E-state index >= 15 is 0 Å². The predicted octanol–water partition coefficient (Wildman–Crippen LogP) is 1.95. The summed E-state index contributed by atoms with van der Waals surface area (Å²) in [4.78, 5) is 16.7. The summed E-state index contributed by atoms with van der Waals surface area (Å²) >= 11 is 0. The van der Waals surface area contributed by atoms with Crippen molar-refractivity contribution in [1.29, 1.82) is 0 Å². The summed E-state index contributed by atoms with van der Waals surface area (Å²) in [5.41, 5.74) is 7.68. The summed E-state index contributed by atoms with van der Waals surface area (Å²) in [6, 6.07) is 7.96. The normalized spacial score (nSPS) is 22.7. The lowest BCUT2D eigenvalue weighted by Crippen LogP contribution is -2.51. The van der Waals surface area contributed by atoms with Crippen molar-refractivity contribution in [2.45, 2.75) is 25.8 Å². The number of benzene rings is 1. The summed E-state index contributed by atoms with van der Waals surface area (Å²) in [6.45, 7) is 3.55. The molecule has 20 heavy (non-hydrogen) atoms. The Hall–Kier alpha value is -1.55. The smallest absolute Gasteiger partial charge is 0.254 e. The highest BCUT2D eigenvalue weighted by Gasteiger charge is 2.31. The number of piperidine rings is 1. The Morgan fingerprint density at radius 3 is 2.85 bits per heavy atom. The quantitative estimate of drug-likeness (QED) is 0.917. The molecule has 4 heteroatoms. The van der Waals surface area contributed by atoms with Crippen LogP contribution >= 0.6 is 0 Å². The van der Waals surface area contributed by atoms with E-state index < -0.39 is 0 Å². The Morgan fingerprint density at radius 1 is 1.45 bits per heavy atom. The van der Waals surface area contributed by atoms with E-state index in [1.807, 2.05) is 48.2 Å². The van der Waals surface area contributed by atoms with Gasteiger partial charge in [0.25, 0.3) is 5.91 Å². The van der Waals surface area contributed by atoms with Crippen molar-refractivity contribution >= 4 is 11.6 Å². The third-order valence-electron chi connectivity index (χ3n) is 4.23. The first kappa shape index (κ1) is 14.9. The van der Waals surface area contributed by atoms with Gasteiger partial charge in [-0.15, -0.1) is 0 Å². The van der Waals surface area contributed by atoms with E-state index in [4.69, 9.17) is 5.73 Å². The Kier molecular flexibility index (Phi) is 4.65. The van der Waals surface area contributed by atoms with Crippen molar-refractivity contribution in [2.24, 2.45) is 11.7 Å². The highest BCUT2D eigenvalue weighted by atomic mass is 16.2. The standard InChI is InChI=1S/C16H25N3O/c1-12-6-5-9-19(15(12)11-17)16(20)13-7-4-8-14(10-13)18(2)3/h4,7-8,10,12,15H,5-6,9,11,17H2,1-3H3. The first-order valence-electron chi connectivity index (χ1n) is 7.33. The molecule has 1 amide bonds. The molecule has 1 aromatic rings. The summed E-state index contributed by atoms with van der Waals surface area (Å²) in [7, 11) is 3.96. The minimum Gasteiger partial charge on any atom is -0.378 e. The largest absolute Gasteiger partial charge is 0.378 e. The van der Waals surface area contributed by atoms with E-state index in [2.05, 4.69) is 6.92 Å². The zero-order chi connectivity index (χ0) is 14.7. The van der Waals surface area contributed by atoms with Crippen LogP contribution in [0.3, 0.4) is 0 Å². The lowest BCUT2D eigenvalue weighted by molar-refractivity contribution is 0.0532. The van der Waals surface area contributed by atoms with Crippen molar-refractivity contribution in [3.8, 4) is 0 Å². The maximum Gasteiger partial charge on any atom is 0.254 e. The van der Waals surface area contributed by atoms with Gasteiger partial charge in [-0.2, -0.15) is 0 Å². The first-order valence-corrected chi connectivity index (χ1v) is 7.33. The third-order valence-corrected chi connectivity index (χ3v) is 4.23. The van der Waals surface area contributed by atoms with Crippen LogP contribution in [0.4, 0.5) is 5.69 Å². The Labute approximate surface area is 121 Å². The molecule has 1 heterocycles. The molecule has 1 aromatic carbocycles. The van der Waals surface area contributed by atoms with Crippen molar-refractivity contribution in [2.75, 3.05) is 32.1 Å². The van der Waals surface area contributed by atoms with Gasteiger partial charge >= 0.3 is 0 Å². The minimum atomic E-state index is 0.107. The Balaban J connectivity index is 2.23. The molecule has 4 nitrogen and oxygen atoms in total. The fraction of sp³-hybridized carbons (Fsp3) is 0.562. The second kappa shape index (κ2) is 6.27. The van der Waals surface area contributed by atoms with Gasteiger partial charge < -0.3 is 15.5 Å². The van der Waals surface area contributed by atoms with E-state index in [1.54, 1.807) is 0 Å². The summed E-state index contributed by atoms with van der Waals surface area (Å²) in [5, 5.41) is 0. The van der Waals surface area contributed by atoms with Crippen LogP contribution in [0.15, 0.2) is 24.3 Å². The Bertz CT molecular complexity index is 473. The fourth-order valence-electron chi connectivity index (χ4n) is 2.94. The van der Waals surface area contributed by atoms with Gasteiger partial charge in [0.15, 0.2) is 0 Å². The van der Waals surface area contributed by atoms with Gasteiger partial charge in [0.2, 0.25) is 0 Å². The van der Waals surface area contributed by atoms with Crippen molar-refractivity contribution in [3.05, 3.63) is 29.8 Å². The summed E-state index contributed by atoms with van der Waals surface area (Å²) in [5.74, 6) is 0.588.